The maximum atomic E-state index is 12.5. The molecule has 2 amide bonds. The van der Waals surface area contributed by atoms with Crippen LogP contribution in [-0.4, -0.2) is 17.8 Å². The second-order valence-corrected chi connectivity index (χ2v) is 5.82. The number of rotatable bonds is 6. The van der Waals surface area contributed by atoms with Gasteiger partial charge in [0.15, 0.2) is 5.76 Å². The maximum absolute atomic E-state index is 12.5. The van der Waals surface area contributed by atoms with E-state index in [2.05, 4.69) is 10.6 Å². The van der Waals surface area contributed by atoms with Gasteiger partial charge in [-0.2, -0.15) is 0 Å². The van der Waals surface area contributed by atoms with Crippen molar-refractivity contribution in [2.45, 2.75) is 13.3 Å². The Morgan fingerprint density at radius 1 is 0.893 bits per heavy atom. The number of hydrogen-bond acceptors (Lipinski definition) is 5. The van der Waals surface area contributed by atoms with Gasteiger partial charge >= 0.3 is 5.97 Å². The van der Waals surface area contributed by atoms with E-state index in [-0.39, 0.29) is 24.1 Å². The van der Waals surface area contributed by atoms with Gasteiger partial charge in [-0.3, -0.25) is 14.4 Å². The van der Waals surface area contributed by atoms with Gasteiger partial charge in [-0.25, -0.2) is 0 Å². The molecule has 3 aromatic rings. The first-order valence-electron chi connectivity index (χ1n) is 8.62. The van der Waals surface area contributed by atoms with E-state index >= 15 is 0 Å². The summed E-state index contributed by atoms with van der Waals surface area (Å²) in [6.45, 7) is 1.70. The largest absolute Gasteiger partial charge is 0.459 e. The van der Waals surface area contributed by atoms with Gasteiger partial charge in [-0.1, -0.05) is 19.1 Å². The Labute approximate surface area is 161 Å². The first-order valence-corrected chi connectivity index (χ1v) is 8.62. The number of hydrogen-bond donors (Lipinski definition) is 2. The number of furan rings is 1. The Morgan fingerprint density at radius 3 is 2.32 bits per heavy atom. The molecule has 28 heavy (non-hydrogen) atoms. The normalized spacial score (nSPS) is 10.2. The summed E-state index contributed by atoms with van der Waals surface area (Å²) in [6.07, 6.45) is 1.66. The van der Waals surface area contributed by atoms with E-state index in [9.17, 15) is 14.4 Å². The van der Waals surface area contributed by atoms with E-state index in [1.807, 2.05) is 0 Å². The maximum Gasteiger partial charge on any atom is 0.310 e. The van der Waals surface area contributed by atoms with Gasteiger partial charge in [-0.15, -0.1) is 0 Å². The van der Waals surface area contributed by atoms with Crippen LogP contribution in [0.5, 0.6) is 5.75 Å². The van der Waals surface area contributed by atoms with Gasteiger partial charge in [0.25, 0.3) is 11.8 Å². The Morgan fingerprint density at radius 2 is 1.61 bits per heavy atom. The summed E-state index contributed by atoms with van der Waals surface area (Å²) >= 11 is 0. The molecule has 0 atom stereocenters. The van der Waals surface area contributed by atoms with Crippen molar-refractivity contribution in [3.63, 3.8) is 0 Å². The van der Waals surface area contributed by atoms with E-state index in [0.29, 0.717) is 22.7 Å². The highest BCUT2D eigenvalue weighted by atomic mass is 16.5. The molecule has 7 nitrogen and oxygen atoms in total. The summed E-state index contributed by atoms with van der Waals surface area (Å²) in [5, 5.41) is 5.41. The van der Waals surface area contributed by atoms with Crippen LogP contribution in [0.25, 0.3) is 0 Å². The molecule has 0 saturated carbocycles. The highest BCUT2D eigenvalue weighted by Gasteiger charge is 2.12. The van der Waals surface area contributed by atoms with E-state index < -0.39 is 5.91 Å². The van der Waals surface area contributed by atoms with Crippen molar-refractivity contribution < 1.29 is 23.5 Å². The van der Waals surface area contributed by atoms with Gasteiger partial charge in [0.1, 0.15) is 5.75 Å². The number of amides is 2. The average molecular weight is 378 g/mol. The quantitative estimate of drug-likeness (QED) is 0.497. The Hall–Kier alpha value is -3.87. The number of benzene rings is 2. The molecule has 0 aliphatic rings. The molecule has 0 aliphatic heterocycles. The number of carbonyl (C=O) groups is 3. The van der Waals surface area contributed by atoms with Crippen LogP contribution in [0.1, 0.15) is 34.3 Å². The first kappa shape index (κ1) is 18.9. The second kappa shape index (κ2) is 8.68. The van der Waals surface area contributed by atoms with E-state index in [1.54, 1.807) is 67.6 Å². The number of carbonyl (C=O) groups excluding carboxylic acids is 3. The minimum absolute atomic E-state index is 0.174. The molecular formula is C21H18N2O5. The van der Waals surface area contributed by atoms with Crippen LogP contribution >= 0.6 is 0 Å². The van der Waals surface area contributed by atoms with E-state index in [1.165, 1.54) is 6.26 Å². The van der Waals surface area contributed by atoms with Crippen LogP contribution in [0.2, 0.25) is 0 Å². The smallest absolute Gasteiger partial charge is 0.310 e. The molecule has 0 fully saturated rings. The zero-order valence-corrected chi connectivity index (χ0v) is 15.1. The zero-order chi connectivity index (χ0) is 19.9. The Balaban J connectivity index is 1.68. The second-order valence-electron chi connectivity index (χ2n) is 5.82. The molecule has 7 heteroatoms. The minimum atomic E-state index is -0.409. The predicted octanol–water partition coefficient (Wildman–Crippen LogP) is 4.10. The van der Waals surface area contributed by atoms with E-state index in [4.69, 9.17) is 9.15 Å². The molecule has 0 bridgehead atoms. The van der Waals surface area contributed by atoms with Crippen molar-refractivity contribution in [1.82, 2.24) is 0 Å². The standard InChI is InChI=1S/C21H18N2O5/c1-2-19(24)28-17-9-4-8-16(13-17)22-20(25)14-6-3-7-15(12-14)23-21(26)18-10-5-11-27-18/h3-13H,2H2,1H3,(H,22,25)(H,23,26). The summed E-state index contributed by atoms with van der Waals surface area (Å²) in [7, 11) is 0. The van der Waals surface area contributed by atoms with Gasteiger partial charge in [0.05, 0.1) is 6.26 Å². The van der Waals surface area contributed by atoms with Crippen LogP contribution in [0.3, 0.4) is 0 Å². The van der Waals surface area contributed by atoms with Crippen LogP contribution in [0, 0.1) is 0 Å². The summed E-state index contributed by atoms with van der Waals surface area (Å²) in [5.74, 6) is -0.609. The minimum Gasteiger partial charge on any atom is -0.459 e. The molecular weight excluding hydrogens is 360 g/mol. The average Bonchev–Trinajstić information content (AvgIpc) is 3.23. The van der Waals surface area contributed by atoms with Gasteiger partial charge in [0, 0.05) is 29.4 Å². The summed E-state index contributed by atoms with van der Waals surface area (Å²) in [4.78, 5) is 36.0. The Bertz CT molecular complexity index is 996. The predicted molar refractivity (Wildman–Crippen MR) is 103 cm³/mol. The lowest BCUT2D eigenvalue weighted by Crippen LogP contribution is -2.14. The fourth-order valence-electron chi connectivity index (χ4n) is 2.38. The monoisotopic (exact) mass is 378 g/mol. The van der Waals surface area contributed by atoms with Gasteiger partial charge in [-0.05, 0) is 42.5 Å². The fourth-order valence-corrected chi connectivity index (χ4v) is 2.38. The number of ether oxygens (including phenoxy) is 1. The van der Waals surface area contributed by atoms with Crippen molar-refractivity contribution in [3.05, 3.63) is 78.3 Å². The number of esters is 1. The molecule has 1 aromatic heterocycles. The third-order valence-corrected chi connectivity index (χ3v) is 3.74. The molecule has 0 aliphatic carbocycles. The molecule has 0 saturated heterocycles. The highest BCUT2D eigenvalue weighted by molar-refractivity contribution is 6.06. The SMILES string of the molecule is CCC(=O)Oc1cccc(NC(=O)c2cccc(NC(=O)c3ccco3)c2)c1. The van der Waals surface area contributed by atoms with Crippen molar-refractivity contribution in [1.29, 1.82) is 0 Å². The number of nitrogens with one attached hydrogen (secondary N) is 2. The van der Waals surface area contributed by atoms with Crippen LogP contribution in [-0.2, 0) is 4.79 Å². The molecule has 0 unspecified atom stereocenters. The lowest BCUT2D eigenvalue weighted by atomic mass is 10.1. The van der Waals surface area contributed by atoms with Crippen LogP contribution in [0.4, 0.5) is 11.4 Å². The van der Waals surface area contributed by atoms with Gasteiger partial charge in [0.2, 0.25) is 0 Å². The summed E-state index contributed by atoms with van der Waals surface area (Å²) < 4.78 is 10.2. The third kappa shape index (κ3) is 4.85. The van der Waals surface area contributed by atoms with Crippen LogP contribution in [0.15, 0.2) is 71.3 Å². The molecule has 2 aromatic carbocycles. The van der Waals surface area contributed by atoms with Crippen molar-refractivity contribution in [2.24, 2.45) is 0 Å². The molecule has 0 radical (unpaired) electrons. The third-order valence-electron chi connectivity index (χ3n) is 3.74. The van der Waals surface area contributed by atoms with Crippen molar-refractivity contribution >= 4 is 29.2 Å². The van der Waals surface area contributed by atoms with E-state index in [0.717, 1.165) is 0 Å². The summed E-state index contributed by atoms with van der Waals surface area (Å²) in [5.41, 5.74) is 1.30. The molecule has 3 rings (SSSR count). The molecule has 1 heterocycles. The molecule has 0 spiro atoms. The zero-order valence-electron chi connectivity index (χ0n) is 15.1. The van der Waals surface area contributed by atoms with Crippen molar-refractivity contribution in [3.8, 4) is 5.75 Å². The number of anilines is 2. The Kier molecular flexibility index (Phi) is 5.86. The van der Waals surface area contributed by atoms with Crippen LogP contribution < -0.4 is 15.4 Å². The molecule has 142 valence electrons. The topological polar surface area (TPSA) is 97.6 Å². The fraction of sp³-hybridized carbons (Fsp3) is 0.0952. The van der Waals surface area contributed by atoms with Crippen molar-refractivity contribution in [2.75, 3.05) is 10.6 Å². The van der Waals surface area contributed by atoms with Gasteiger partial charge < -0.3 is 19.8 Å². The first-order chi connectivity index (χ1) is 13.5. The summed E-state index contributed by atoms with van der Waals surface area (Å²) in [6, 6.07) is 16.2. The molecule has 2 N–H and O–H groups in total. The lowest BCUT2D eigenvalue weighted by Gasteiger charge is -2.09. The lowest BCUT2D eigenvalue weighted by molar-refractivity contribution is -0.134. The highest BCUT2D eigenvalue weighted by Crippen LogP contribution is 2.19.